The first-order valence-corrected chi connectivity index (χ1v) is 7.36. The molecular formula is C16H20S. The van der Waals surface area contributed by atoms with Gasteiger partial charge in [0, 0.05) is 4.90 Å². The molecule has 0 bridgehead atoms. The topological polar surface area (TPSA) is 0 Å². The predicted octanol–water partition coefficient (Wildman–Crippen LogP) is 5.66. The van der Waals surface area contributed by atoms with Crippen LogP contribution in [0.25, 0.3) is 6.08 Å². The van der Waals surface area contributed by atoms with Gasteiger partial charge in [-0.25, -0.2) is 0 Å². The van der Waals surface area contributed by atoms with Gasteiger partial charge in [0.1, 0.15) is 0 Å². The van der Waals surface area contributed by atoms with Crippen LogP contribution >= 0.6 is 11.8 Å². The van der Waals surface area contributed by atoms with E-state index in [0.717, 1.165) is 0 Å². The maximum atomic E-state index is 2.27. The second-order valence-electron chi connectivity index (χ2n) is 4.44. The summed E-state index contributed by atoms with van der Waals surface area (Å²) < 4.78 is 0. The molecule has 17 heavy (non-hydrogen) atoms. The minimum Gasteiger partial charge on any atom is -0.0939 e. The number of unbranched alkanes of at least 4 members (excludes halogenated alkanes) is 3. The fourth-order valence-electron chi connectivity index (χ4n) is 2.01. The van der Waals surface area contributed by atoms with Crippen molar-refractivity contribution in [3.63, 3.8) is 0 Å². The van der Waals surface area contributed by atoms with Gasteiger partial charge in [-0.2, -0.15) is 0 Å². The second kappa shape index (κ2) is 6.70. The van der Waals surface area contributed by atoms with E-state index in [9.17, 15) is 0 Å². The standard InChI is InChI=1S/C16H20S/c1-2-3-4-5-11-15-12-8-10-14-9-6-7-13-16(14)17-15/h6-10,12-13H,2-5,11H2,1H3. The van der Waals surface area contributed by atoms with Crippen molar-refractivity contribution in [2.75, 3.05) is 0 Å². The van der Waals surface area contributed by atoms with E-state index in [4.69, 9.17) is 0 Å². The summed E-state index contributed by atoms with van der Waals surface area (Å²) in [5, 5.41) is 0. The first-order valence-electron chi connectivity index (χ1n) is 6.54. The zero-order valence-electron chi connectivity index (χ0n) is 10.5. The van der Waals surface area contributed by atoms with E-state index in [0.29, 0.717) is 0 Å². The minimum atomic E-state index is 1.23. The van der Waals surface area contributed by atoms with Crippen LogP contribution in [0.1, 0.15) is 44.6 Å². The van der Waals surface area contributed by atoms with Crippen molar-refractivity contribution in [1.29, 1.82) is 0 Å². The molecule has 0 unspecified atom stereocenters. The van der Waals surface area contributed by atoms with Gasteiger partial charge in [0.2, 0.25) is 0 Å². The summed E-state index contributed by atoms with van der Waals surface area (Å²) in [6.45, 7) is 2.26. The summed E-state index contributed by atoms with van der Waals surface area (Å²) >= 11 is 1.93. The summed E-state index contributed by atoms with van der Waals surface area (Å²) in [5.74, 6) is 0. The quantitative estimate of drug-likeness (QED) is 0.602. The van der Waals surface area contributed by atoms with Gasteiger partial charge in [-0.15, -0.1) is 0 Å². The largest absolute Gasteiger partial charge is 0.0939 e. The summed E-state index contributed by atoms with van der Waals surface area (Å²) in [7, 11) is 0. The average Bonchev–Trinajstić information content (AvgIpc) is 2.56. The molecule has 0 aliphatic carbocycles. The van der Waals surface area contributed by atoms with Gasteiger partial charge in [-0.3, -0.25) is 0 Å². The number of benzene rings is 1. The molecule has 0 spiro atoms. The van der Waals surface area contributed by atoms with Crippen LogP contribution in [0.15, 0.2) is 46.2 Å². The number of hydrogen-bond acceptors (Lipinski definition) is 1. The second-order valence-corrected chi connectivity index (χ2v) is 5.61. The molecule has 0 N–H and O–H groups in total. The van der Waals surface area contributed by atoms with E-state index in [-0.39, 0.29) is 0 Å². The lowest BCUT2D eigenvalue weighted by molar-refractivity contribution is 0.672. The number of rotatable bonds is 5. The van der Waals surface area contributed by atoms with Crippen LogP contribution in [-0.2, 0) is 0 Å². The molecular weight excluding hydrogens is 224 g/mol. The molecule has 0 nitrogen and oxygen atoms in total. The highest BCUT2D eigenvalue weighted by molar-refractivity contribution is 8.03. The molecule has 1 aliphatic rings. The molecule has 0 radical (unpaired) electrons. The van der Waals surface area contributed by atoms with Crippen molar-refractivity contribution in [2.24, 2.45) is 0 Å². The molecule has 1 heteroatoms. The molecule has 0 saturated carbocycles. The van der Waals surface area contributed by atoms with Crippen LogP contribution in [0, 0.1) is 0 Å². The van der Waals surface area contributed by atoms with Crippen LogP contribution in [0.4, 0.5) is 0 Å². The Morgan fingerprint density at radius 1 is 1.06 bits per heavy atom. The lowest BCUT2D eigenvalue weighted by atomic mass is 10.1. The van der Waals surface area contributed by atoms with Gasteiger partial charge in [0.25, 0.3) is 0 Å². The summed E-state index contributed by atoms with van der Waals surface area (Å²) in [6, 6.07) is 8.64. The Balaban J connectivity index is 1.94. The fourth-order valence-corrected chi connectivity index (χ4v) is 3.08. The first kappa shape index (κ1) is 12.5. The van der Waals surface area contributed by atoms with Crippen LogP contribution in [0.5, 0.6) is 0 Å². The fraction of sp³-hybridized carbons (Fsp3) is 0.375. The maximum absolute atomic E-state index is 2.27. The number of fused-ring (bicyclic) bond motifs is 1. The monoisotopic (exact) mass is 244 g/mol. The molecule has 90 valence electrons. The number of allylic oxidation sites excluding steroid dienone is 3. The third-order valence-corrected chi connectivity index (χ3v) is 4.19. The Morgan fingerprint density at radius 3 is 2.82 bits per heavy atom. The van der Waals surface area contributed by atoms with Gasteiger partial charge in [-0.05, 0) is 29.4 Å². The Bertz CT molecular complexity index is 415. The molecule has 1 aliphatic heterocycles. The van der Waals surface area contributed by atoms with Crippen LogP contribution in [0.2, 0.25) is 0 Å². The minimum absolute atomic E-state index is 1.23. The van der Waals surface area contributed by atoms with E-state index in [1.54, 1.807) is 0 Å². The van der Waals surface area contributed by atoms with Crippen molar-refractivity contribution in [1.82, 2.24) is 0 Å². The van der Waals surface area contributed by atoms with E-state index in [1.807, 2.05) is 11.8 Å². The molecule has 0 fully saturated rings. The SMILES string of the molecule is CCCCCCC1=CC=Cc2ccccc2S1. The van der Waals surface area contributed by atoms with Crippen molar-refractivity contribution < 1.29 is 0 Å². The number of thioether (sulfide) groups is 1. The summed E-state index contributed by atoms with van der Waals surface area (Å²) in [6.07, 6.45) is 13.3. The first-order chi connectivity index (χ1) is 8.40. The molecule has 0 amide bonds. The Morgan fingerprint density at radius 2 is 1.94 bits per heavy atom. The van der Waals surface area contributed by atoms with Crippen LogP contribution in [0.3, 0.4) is 0 Å². The van der Waals surface area contributed by atoms with Crippen molar-refractivity contribution >= 4 is 17.8 Å². The smallest absolute Gasteiger partial charge is 0.0191 e. The van der Waals surface area contributed by atoms with E-state index in [2.05, 4.69) is 49.4 Å². The van der Waals surface area contributed by atoms with Gasteiger partial charge < -0.3 is 0 Å². The lowest BCUT2D eigenvalue weighted by Crippen LogP contribution is -1.82. The van der Waals surface area contributed by atoms with Crippen LogP contribution in [-0.4, -0.2) is 0 Å². The van der Waals surface area contributed by atoms with Crippen LogP contribution < -0.4 is 0 Å². The molecule has 1 aromatic rings. The highest BCUT2D eigenvalue weighted by atomic mass is 32.2. The molecule has 1 heterocycles. The third-order valence-electron chi connectivity index (χ3n) is 2.99. The lowest BCUT2D eigenvalue weighted by Gasteiger charge is -2.07. The molecule has 0 saturated heterocycles. The Kier molecular flexibility index (Phi) is 4.93. The molecule has 2 rings (SSSR count). The average molecular weight is 244 g/mol. The molecule has 0 aromatic heterocycles. The van der Waals surface area contributed by atoms with Crippen molar-refractivity contribution in [2.45, 2.75) is 43.9 Å². The Labute approximate surface area is 109 Å². The summed E-state index contributed by atoms with van der Waals surface area (Å²) in [4.78, 5) is 2.89. The number of hydrogen-bond donors (Lipinski definition) is 0. The maximum Gasteiger partial charge on any atom is 0.0191 e. The molecule has 0 atom stereocenters. The van der Waals surface area contributed by atoms with Gasteiger partial charge in [-0.1, -0.05) is 74.4 Å². The summed E-state index contributed by atoms with van der Waals surface area (Å²) in [5.41, 5.74) is 1.34. The highest BCUT2D eigenvalue weighted by Crippen LogP contribution is 2.35. The van der Waals surface area contributed by atoms with E-state index >= 15 is 0 Å². The van der Waals surface area contributed by atoms with Crippen molar-refractivity contribution in [3.8, 4) is 0 Å². The van der Waals surface area contributed by atoms with Gasteiger partial charge >= 0.3 is 0 Å². The normalized spacial score (nSPS) is 14.1. The Hall–Kier alpha value is -0.950. The van der Waals surface area contributed by atoms with Crippen molar-refractivity contribution in [3.05, 3.63) is 46.9 Å². The van der Waals surface area contributed by atoms with E-state index < -0.39 is 0 Å². The van der Waals surface area contributed by atoms with E-state index in [1.165, 1.54) is 47.5 Å². The zero-order chi connectivity index (χ0) is 11.9. The van der Waals surface area contributed by atoms with Gasteiger partial charge in [0.15, 0.2) is 0 Å². The van der Waals surface area contributed by atoms with Gasteiger partial charge in [0.05, 0.1) is 0 Å². The zero-order valence-corrected chi connectivity index (χ0v) is 11.3. The molecule has 1 aromatic carbocycles. The third kappa shape index (κ3) is 3.78. The predicted molar refractivity (Wildman–Crippen MR) is 78.2 cm³/mol. The highest BCUT2D eigenvalue weighted by Gasteiger charge is 2.06.